The van der Waals surface area contributed by atoms with E-state index < -0.39 is 0 Å². The molecule has 0 bridgehead atoms. The maximum Gasteiger partial charge on any atom is -0.00964 e. The zero-order valence-corrected chi connectivity index (χ0v) is 12.7. The standard InChI is InChI=1S/C21H18/c1-13-8-17-11-20-15(3)10-16-6-4-5-7-19(16)21(20)12-18(17)9-14(13)2/h4-12H,1-3H3. The largest absolute Gasteiger partial charge is 0.0616 e. The lowest BCUT2D eigenvalue weighted by molar-refractivity contribution is 1.37. The molecule has 0 aromatic heterocycles. The Balaban J connectivity index is 2.25. The maximum atomic E-state index is 2.35. The Morgan fingerprint density at radius 2 is 1.05 bits per heavy atom. The van der Waals surface area contributed by atoms with Crippen molar-refractivity contribution < 1.29 is 0 Å². The molecule has 0 aliphatic rings. The van der Waals surface area contributed by atoms with Gasteiger partial charge in [-0.05, 0) is 81.9 Å². The second-order valence-corrected chi connectivity index (χ2v) is 6.10. The lowest BCUT2D eigenvalue weighted by Crippen LogP contribution is -1.86. The molecule has 21 heavy (non-hydrogen) atoms. The summed E-state index contributed by atoms with van der Waals surface area (Å²) in [5, 5.41) is 8.07. The molecule has 0 aliphatic carbocycles. The summed E-state index contributed by atoms with van der Waals surface area (Å²) in [4.78, 5) is 0. The average molecular weight is 270 g/mol. The molecule has 0 atom stereocenters. The molecule has 0 radical (unpaired) electrons. The fraction of sp³-hybridized carbons (Fsp3) is 0.143. The topological polar surface area (TPSA) is 0 Å². The Kier molecular flexibility index (Phi) is 2.56. The molecule has 4 rings (SSSR count). The molecule has 0 nitrogen and oxygen atoms in total. The van der Waals surface area contributed by atoms with Gasteiger partial charge in [-0.25, -0.2) is 0 Å². The number of rotatable bonds is 0. The van der Waals surface area contributed by atoms with Gasteiger partial charge >= 0.3 is 0 Å². The van der Waals surface area contributed by atoms with Crippen molar-refractivity contribution in [1.82, 2.24) is 0 Å². The lowest BCUT2D eigenvalue weighted by atomic mass is 9.93. The summed E-state index contributed by atoms with van der Waals surface area (Å²) < 4.78 is 0. The minimum atomic E-state index is 1.32. The summed E-state index contributed by atoms with van der Waals surface area (Å²) in [7, 11) is 0. The zero-order valence-electron chi connectivity index (χ0n) is 12.7. The molecule has 0 heterocycles. The molecule has 0 N–H and O–H groups in total. The first-order valence-electron chi connectivity index (χ1n) is 7.46. The number of fused-ring (bicyclic) bond motifs is 4. The third-order valence-electron chi connectivity index (χ3n) is 4.64. The third-order valence-corrected chi connectivity index (χ3v) is 4.64. The molecule has 0 heteroatoms. The van der Waals surface area contributed by atoms with Crippen molar-refractivity contribution in [3.63, 3.8) is 0 Å². The van der Waals surface area contributed by atoms with Crippen LogP contribution >= 0.6 is 0 Å². The summed E-state index contributed by atoms with van der Waals surface area (Å²) in [6.07, 6.45) is 0. The minimum Gasteiger partial charge on any atom is -0.0616 e. The van der Waals surface area contributed by atoms with Gasteiger partial charge in [-0.15, -0.1) is 0 Å². The van der Waals surface area contributed by atoms with Gasteiger partial charge in [0.1, 0.15) is 0 Å². The van der Waals surface area contributed by atoms with Crippen LogP contribution in [0.25, 0.3) is 32.3 Å². The van der Waals surface area contributed by atoms with E-state index in [1.54, 1.807) is 0 Å². The lowest BCUT2D eigenvalue weighted by Gasteiger charge is -2.11. The van der Waals surface area contributed by atoms with Crippen LogP contribution < -0.4 is 0 Å². The highest BCUT2D eigenvalue weighted by atomic mass is 14.1. The van der Waals surface area contributed by atoms with Crippen molar-refractivity contribution in [3.8, 4) is 0 Å². The predicted molar refractivity (Wildman–Crippen MR) is 93.2 cm³/mol. The van der Waals surface area contributed by atoms with Crippen LogP contribution in [-0.2, 0) is 0 Å². The monoisotopic (exact) mass is 270 g/mol. The van der Waals surface area contributed by atoms with Crippen LogP contribution in [0.1, 0.15) is 16.7 Å². The molecule has 0 spiro atoms. The van der Waals surface area contributed by atoms with Crippen molar-refractivity contribution in [2.75, 3.05) is 0 Å². The van der Waals surface area contributed by atoms with E-state index in [4.69, 9.17) is 0 Å². The molecular weight excluding hydrogens is 252 g/mol. The Hall–Kier alpha value is -2.34. The number of benzene rings is 4. The van der Waals surface area contributed by atoms with Crippen LogP contribution in [0.5, 0.6) is 0 Å². The van der Waals surface area contributed by atoms with Gasteiger partial charge in [-0.3, -0.25) is 0 Å². The predicted octanol–water partition coefficient (Wildman–Crippen LogP) is 6.07. The van der Waals surface area contributed by atoms with Gasteiger partial charge in [0.15, 0.2) is 0 Å². The molecule has 0 aliphatic heterocycles. The Labute approximate surface area is 125 Å². The minimum absolute atomic E-state index is 1.32. The van der Waals surface area contributed by atoms with Crippen molar-refractivity contribution in [2.24, 2.45) is 0 Å². The first-order chi connectivity index (χ1) is 10.1. The highest BCUT2D eigenvalue weighted by Crippen LogP contribution is 2.32. The van der Waals surface area contributed by atoms with Crippen molar-refractivity contribution in [3.05, 3.63) is 71.3 Å². The van der Waals surface area contributed by atoms with Gasteiger partial charge in [0, 0.05) is 0 Å². The van der Waals surface area contributed by atoms with Crippen LogP contribution in [0.4, 0.5) is 0 Å². The van der Waals surface area contributed by atoms with E-state index in [0.29, 0.717) is 0 Å². The van der Waals surface area contributed by atoms with E-state index >= 15 is 0 Å². The van der Waals surface area contributed by atoms with E-state index in [2.05, 4.69) is 75.4 Å². The summed E-state index contributed by atoms with van der Waals surface area (Å²) in [6, 6.07) is 20.3. The van der Waals surface area contributed by atoms with E-state index in [-0.39, 0.29) is 0 Å². The smallest absolute Gasteiger partial charge is 0.00964 e. The van der Waals surface area contributed by atoms with Crippen molar-refractivity contribution in [2.45, 2.75) is 20.8 Å². The normalized spacial score (nSPS) is 11.6. The second-order valence-electron chi connectivity index (χ2n) is 6.10. The summed E-state index contributed by atoms with van der Waals surface area (Å²) in [6.45, 7) is 6.58. The molecule has 4 aromatic rings. The first-order valence-corrected chi connectivity index (χ1v) is 7.46. The second kappa shape index (κ2) is 4.33. The third kappa shape index (κ3) is 1.83. The van der Waals surface area contributed by atoms with Crippen LogP contribution in [0.3, 0.4) is 0 Å². The van der Waals surface area contributed by atoms with Gasteiger partial charge in [-0.1, -0.05) is 42.5 Å². The van der Waals surface area contributed by atoms with Crippen LogP contribution in [0.15, 0.2) is 54.6 Å². The summed E-state index contributed by atoms with van der Waals surface area (Å²) in [5.41, 5.74) is 4.07. The van der Waals surface area contributed by atoms with Crippen LogP contribution in [0, 0.1) is 20.8 Å². The SMILES string of the molecule is Cc1cc2cc3c(C)cc4ccccc4c3cc2cc1C. The van der Waals surface area contributed by atoms with Gasteiger partial charge in [-0.2, -0.15) is 0 Å². The van der Waals surface area contributed by atoms with Crippen molar-refractivity contribution in [1.29, 1.82) is 0 Å². The average Bonchev–Trinajstić information content (AvgIpc) is 2.47. The van der Waals surface area contributed by atoms with Gasteiger partial charge in [0.05, 0.1) is 0 Å². The molecule has 0 saturated heterocycles. The fourth-order valence-corrected chi connectivity index (χ4v) is 3.31. The quantitative estimate of drug-likeness (QED) is 0.268. The fourth-order valence-electron chi connectivity index (χ4n) is 3.31. The Morgan fingerprint density at radius 3 is 1.76 bits per heavy atom. The van der Waals surface area contributed by atoms with E-state index in [1.165, 1.54) is 49.0 Å². The Bertz CT molecular complexity index is 1010. The van der Waals surface area contributed by atoms with Crippen molar-refractivity contribution >= 4 is 32.3 Å². The van der Waals surface area contributed by atoms with Crippen LogP contribution in [0.2, 0.25) is 0 Å². The Morgan fingerprint density at radius 1 is 0.476 bits per heavy atom. The summed E-state index contributed by atoms with van der Waals surface area (Å²) in [5.74, 6) is 0. The van der Waals surface area contributed by atoms with E-state index in [9.17, 15) is 0 Å². The molecule has 0 unspecified atom stereocenters. The van der Waals surface area contributed by atoms with Crippen LogP contribution in [-0.4, -0.2) is 0 Å². The summed E-state index contributed by atoms with van der Waals surface area (Å²) >= 11 is 0. The zero-order chi connectivity index (χ0) is 14.6. The highest BCUT2D eigenvalue weighted by molar-refractivity contribution is 6.13. The highest BCUT2D eigenvalue weighted by Gasteiger charge is 2.06. The van der Waals surface area contributed by atoms with Gasteiger partial charge < -0.3 is 0 Å². The molecule has 4 aromatic carbocycles. The molecule has 0 saturated carbocycles. The van der Waals surface area contributed by atoms with Gasteiger partial charge in [0.25, 0.3) is 0 Å². The number of hydrogen-bond acceptors (Lipinski definition) is 0. The maximum absolute atomic E-state index is 2.35. The number of hydrogen-bond donors (Lipinski definition) is 0. The van der Waals surface area contributed by atoms with E-state index in [1.807, 2.05) is 0 Å². The molecule has 0 amide bonds. The molecule has 102 valence electrons. The first kappa shape index (κ1) is 12.4. The van der Waals surface area contributed by atoms with E-state index in [0.717, 1.165) is 0 Å². The molecular formula is C21H18. The van der Waals surface area contributed by atoms with Gasteiger partial charge in [0.2, 0.25) is 0 Å². The molecule has 0 fully saturated rings. The number of aryl methyl sites for hydroxylation is 3.